The highest BCUT2D eigenvalue weighted by Gasteiger charge is 2.18. The van der Waals surface area contributed by atoms with E-state index in [-0.39, 0.29) is 6.10 Å². The first-order valence-corrected chi connectivity index (χ1v) is 8.39. The van der Waals surface area contributed by atoms with Crippen molar-refractivity contribution < 1.29 is 9.15 Å². The zero-order chi connectivity index (χ0) is 16.9. The van der Waals surface area contributed by atoms with Gasteiger partial charge in [0.2, 0.25) is 0 Å². The number of ether oxygens (including phenoxy) is 1. The summed E-state index contributed by atoms with van der Waals surface area (Å²) in [4.78, 5) is 6.56. The number of benzene rings is 1. The normalized spacial score (nSPS) is 19.6. The van der Waals surface area contributed by atoms with E-state index in [1.165, 1.54) is 5.56 Å². The second kappa shape index (κ2) is 7.68. The van der Waals surface area contributed by atoms with Crippen molar-refractivity contribution in [1.82, 2.24) is 15.5 Å². The first-order valence-electron chi connectivity index (χ1n) is 8.39. The fourth-order valence-electron chi connectivity index (χ4n) is 2.98. The number of aliphatic imine (C=N–C) groups is 1. The lowest BCUT2D eigenvalue weighted by Gasteiger charge is -2.30. The van der Waals surface area contributed by atoms with Crippen LogP contribution in [-0.4, -0.2) is 57.3 Å². The Balaban J connectivity index is 1.54. The van der Waals surface area contributed by atoms with E-state index in [4.69, 9.17) is 9.15 Å². The van der Waals surface area contributed by atoms with Crippen molar-refractivity contribution in [3.63, 3.8) is 0 Å². The molecule has 6 nitrogen and oxygen atoms in total. The van der Waals surface area contributed by atoms with E-state index in [1.54, 1.807) is 7.05 Å². The third-order valence-electron chi connectivity index (χ3n) is 4.42. The van der Waals surface area contributed by atoms with Crippen LogP contribution in [0.3, 0.4) is 0 Å². The van der Waals surface area contributed by atoms with Crippen LogP contribution in [0.2, 0.25) is 0 Å². The Morgan fingerprint density at radius 2 is 2.17 bits per heavy atom. The number of morpholine rings is 1. The minimum Gasteiger partial charge on any atom is -0.459 e. The SMILES string of the molecule is CN=C(NCc1oc2ccccc2c1C)NCC1CN(C)CCO1. The third-order valence-corrected chi connectivity index (χ3v) is 4.42. The van der Waals surface area contributed by atoms with Gasteiger partial charge in [-0.3, -0.25) is 4.99 Å². The van der Waals surface area contributed by atoms with Gasteiger partial charge in [-0.2, -0.15) is 0 Å². The van der Waals surface area contributed by atoms with Gasteiger partial charge in [0.15, 0.2) is 5.96 Å². The maximum atomic E-state index is 5.93. The van der Waals surface area contributed by atoms with Crippen LogP contribution in [-0.2, 0) is 11.3 Å². The van der Waals surface area contributed by atoms with Crippen molar-refractivity contribution in [3.05, 3.63) is 35.6 Å². The van der Waals surface area contributed by atoms with Gasteiger partial charge in [-0.1, -0.05) is 18.2 Å². The molecule has 0 bridgehead atoms. The highest BCUT2D eigenvalue weighted by molar-refractivity contribution is 5.82. The summed E-state index contributed by atoms with van der Waals surface area (Å²) in [6.07, 6.45) is 0.190. The molecule has 1 atom stereocenters. The van der Waals surface area contributed by atoms with Gasteiger partial charge < -0.3 is 24.7 Å². The van der Waals surface area contributed by atoms with Crippen molar-refractivity contribution in [2.24, 2.45) is 4.99 Å². The predicted octanol–water partition coefficient (Wildman–Crippen LogP) is 1.74. The standard InChI is InChI=1S/C18H26N4O2/c1-13-15-6-4-5-7-16(15)24-17(13)11-21-18(19-2)20-10-14-12-22(3)8-9-23-14/h4-7,14H,8-12H2,1-3H3,(H2,19,20,21). The van der Waals surface area contributed by atoms with E-state index >= 15 is 0 Å². The first kappa shape index (κ1) is 16.8. The number of fused-ring (bicyclic) bond motifs is 1. The van der Waals surface area contributed by atoms with Gasteiger partial charge >= 0.3 is 0 Å². The Morgan fingerprint density at radius 3 is 2.92 bits per heavy atom. The van der Waals surface area contributed by atoms with Crippen LogP contribution in [0.15, 0.2) is 33.7 Å². The lowest BCUT2D eigenvalue weighted by Crippen LogP contribution is -2.48. The molecule has 0 amide bonds. The van der Waals surface area contributed by atoms with E-state index in [1.807, 2.05) is 18.2 Å². The molecule has 1 fully saturated rings. The maximum absolute atomic E-state index is 5.93. The number of rotatable bonds is 4. The molecule has 6 heteroatoms. The summed E-state index contributed by atoms with van der Waals surface area (Å²) in [7, 11) is 3.89. The maximum Gasteiger partial charge on any atom is 0.191 e. The van der Waals surface area contributed by atoms with Crippen molar-refractivity contribution in [3.8, 4) is 0 Å². The van der Waals surface area contributed by atoms with Gasteiger partial charge in [-0.15, -0.1) is 0 Å². The number of aryl methyl sites for hydroxylation is 1. The Bertz CT molecular complexity index is 710. The summed E-state index contributed by atoms with van der Waals surface area (Å²) >= 11 is 0. The average Bonchev–Trinajstić information content (AvgIpc) is 2.92. The molecule has 1 aromatic heterocycles. The number of guanidine groups is 1. The molecule has 1 aliphatic rings. The fraction of sp³-hybridized carbons (Fsp3) is 0.500. The van der Waals surface area contributed by atoms with Crippen molar-refractivity contribution in [2.75, 3.05) is 40.3 Å². The lowest BCUT2D eigenvalue weighted by atomic mass is 10.1. The molecule has 0 saturated carbocycles. The number of nitrogens with zero attached hydrogens (tertiary/aromatic N) is 2. The molecule has 24 heavy (non-hydrogen) atoms. The summed E-state index contributed by atoms with van der Waals surface area (Å²) < 4.78 is 11.7. The summed E-state index contributed by atoms with van der Waals surface area (Å²) in [6.45, 7) is 6.15. The van der Waals surface area contributed by atoms with E-state index in [0.29, 0.717) is 6.54 Å². The molecule has 2 heterocycles. The van der Waals surface area contributed by atoms with Crippen molar-refractivity contribution in [1.29, 1.82) is 0 Å². The molecule has 2 N–H and O–H groups in total. The van der Waals surface area contributed by atoms with E-state index in [2.05, 4.69) is 40.6 Å². The molecule has 3 rings (SSSR count). The Kier molecular flexibility index (Phi) is 5.37. The van der Waals surface area contributed by atoms with Gasteiger partial charge in [0.05, 0.1) is 19.3 Å². The highest BCUT2D eigenvalue weighted by Crippen LogP contribution is 2.24. The number of hydrogen-bond acceptors (Lipinski definition) is 4. The zero-order valence-corrected chi connectivity index (χ0v) is 14.6. The van der Waals surface area contributed by atoms with Crippen LogP contribution in [0, 0.1) is 6.92 Å². The average molecular weight is 330 g/mol. The molecule has 1 unspecified atom stereocenters. The minimum atomic E-state index is 0.190. The number of hydrogen-bond donors (Lipinski definition) is 2. The third kappa shape index (κ3) is 3.88. The minimum absolute atomic E-state index is 0.190. The molecule has 0 spiro atoms. The monoisotopic (exact) mass is 330 g/mol. The molecule has 0 radical (unpaired) electrons. The smallest absolute Gasteiger partial charge is 0.191 e. The zero-order valence-electron chi connectivity index (χ0n) is 14.6. The highest BCUT2D eigenvalue weighted by atomic mass is 16.5. The summed E-state index contributed by atoms with van der Waals surface area (Å²) in [6, 6.07) is 8.10. The summed E-state index contributed by atoms with van der Waals surface area (Å²) in [5, 5.41) is 7.81. The van der Waals surface area contributed by atoms with Crippen molar-refractivity contribution >= 4 is 16.9 Å². The summed E-state index contributed by atoms with van der Waals surface area (Å²) in [5.41, 5.74) is 2.10. The van der Waals surface area contributed by atoms with Crippen LogP contribution >= 0.6 is 0 Å². The number of nitrogens with one attached hydrogen (secondary N) is 2. The van der Waals surface area contributed by atoms with Crippen LogP contribution in [0.1, 0.15) is 11.3 Å². The van der Waals surface area contributed by atoms with Crippen LogP contribution in [0.5, 0.6) is 0 Å². The largest absolute Gasteiger partial charge is 0.459 e. The van der Waals surface area contributed by atoms with Gasteiger partial charge in [-0.05, 0) is 20.0 Å². The first-order chi connectivity index (χ1) is 11.7. The van der Waals surface area contributed by atoms with E-state index < -0.39 is 0 Å². The topological polar surface area (TPSA) is 62.0 Å². The Labute approximate surface area is 142 Å². The number of likely N-dealkylation sites (N-methyl/N-ethyl adjacent to an activating group) is 1. The molecule has 2 aromatic rings. The van der Waals surface area contributed by atoms with Crippen LogP contribution in [0.25, 0.3) is 11.0 Å². The second-order valence-electron chi connectivity index (χ2n) is 6.21. The second-order valence-corrected chi connectivity index (χ2v) is 6.21. The molecular formula is C18H26N4O2. The molecule has 0 aliphatic carbocycles. The summed E-state index contributed by atoms with van der Waals surface area (Å²) in [5.74, 6) is 1.69. The van der Waals surface area contributed by atoms with E-state index in [9.17, 15) is 0 Å². The van der Waals surface area contributed by atoms with Crippen LogP contribution in [0.4, 0.5) is 0 Å². The molecule has 1 aliphatic heterocycles. The molecule has 1 aromatic carbocycles. The molecule has 130 valence electrons. The Hall–Kier alpha value is -2.05. The Morgan fingerprint density at radius 1 is 1.33 bits per heavy atom. The predicted molar refractivity (Wildman–Crippen MR) is 96.4 cm³/mol. The number of furan rings is 1. The quantitative estimate of drug-likeness (QED) is 0.660. The molecular weight excluding hydrogens is 304 g/mol. The van der Waals surface area contributed by atoms with Gasteiger partial charge in [0.1, 0.15) is 11.3 Å². The van der Waals surface area contributed by atoms with E-state index in [0.717, 1.165) is 48.9 Å². The fourth-order valence-corrected chi connectivity index (χ4v) is 2.98. The van der Waals surface area contributed by atoms with Gasteiger partial charge in [-0.25, -0.2) is 0 Å². The van der Waals surface area contributed by atoms with Gasteiger partial charge in [0, 0.05) is 37.6 Å². The van der Waals surface area contributed by atoms with Gasteiger partial charge in [0.25, 0.3) is 0 Å². The van der Waals surface area contributed by atoms with Crippen LogP contribution < -0.4 is 10.6 Å². The molecule has 1 saturated heterocycles. The lowest BCUT2D eigenvalue weighted by molar-refractivity contribution is -0.0161. The van der Waals surface area contributed by atoms with Crippen molar-refractivity contribution in [2.45, 2.75) is 19.6 Å². The number of para-hydroxylation sites is 1.